The molecule has 8 heteroatoms. The molecule has 0 spiro atoms. The summed E-state index contributed by atoms with van der Waals surface area (Å²) in [6.45, 7) is 0.154. The molecule has 1 heterocycles. The minimum atomic E-state index is -3.78. The van der Waals surface area contributed by atoms with Crippen molar-refractivity contribution in [3.8, 4) is 22.6 Å². The fraction of sp³-hybridized carbons (Fsp3) is 0.0385. The number of anilines is 2. The lowest BCUT2D eigenvalue weighted by Crippen LogP contribution is -2.14. The number of rotatable bonds is 6. The molecule has 5 rings (SSSR count). The summed E-state index contributed by atoms with van der Waals surface area (Å²) in [5.41, 5.74) is 3.24. The van der Waals surface area contributed by atoms with Gasteiger partial charge in [-0.25, -0.2) is 8.42 Å². The number of carbonyl (C=O) groups excluding carboxylic acids is 1. The molecule has 0 unspecified atom stereocenters. The number of fused-ring (bicyclic) bond motifs is 1. The molecule has 4 aromatic rings. The summed E-state index contributed by atoms with van der Waals surface area (Å²) in [6, 6.07) is 27.7. The minimum absolute atomic E-state index is 0.150. The first-order chi connectivity index (χ1) is 16.5. The first kappa shape index (κ1) is 21.5. The number of sulfonamides is 1. The third-order valence-electron chi connectivity index (χ3n) is 5.30. The maximum Gasteiger partial charge on any atom is 0.261 e. The first-order valence-corrected chi connectivity index (χ1v) is 12.0. The van der Waals surface area contributed by atoms with Crippen LogP contribution in [0.1, 0.15) is 10.4 Å². The highest BCUT2D eigenvalue weighted by atomic mass is 32.2. The molecule has 0 saturated carbocycles. The topological polar surface area (TPSA) is 93.7 Å². The molecule has 4 aromatic carbocycles. The van der Waals surface area contributed by atoms with Gasteiger partial charge in [0.15, 0.2) is 11.5 Å². The van der Waals surface area contributed by atoms with E-state index in [2.05, 4.69) is 10.0 Å². The average Bonchev–Trinajstić information content (AvgIpc) is 3.33. The van der Waals surface area contributed by atoms with Gasteiger partial charge in [0.05, 0.1) is 4.90 Å². The highest BCUT2D eigenvalue weighted by molar-refractivity contribution is 7.92. The molecule has 0 atom stereocenters. The van der Waals surface area contributed by atoms with E-state index < -0.39 is 10.0 Å². The number of carbonyl (C=O) groups is 1. The largest absolute Gasteiger partial charge is 0.454 e. The van der Waals surface area contributed by atoms with Crippen molar-refractivity contribution in [1.82, 2.24) is 0 Å². The Morgan fingerprint density at radius 2 is 1.35 bits per heavy atom. The van der Waals surface area contributed by atoms with Crippen LogP contribution in [0.5, 0.6) is 11.5 Å². The average molecular weight is 473 g/mol. The lowest BCUT2D eigenvalue weighted by molar-refractivity contribution is 0.102. The van der Waals surface area contributed by atoms with Gasteiger partial charge in [-0.2, -0.15) is 0 Å². The van der Waals surface area contributed by atoms with Crippen LogP contribution in [0.25, 0.3) is 11.1 Å². The normalized spacial score (nSPS) is 12.2. The number of amides is 1. The smallest absolute Gasteiger partial charge is 0.261 e. The van der Waals surface area contributed by atoms with Crippen LogP contribution in [0.3, 0.4) is 0 Å². The second-order valence-electron chi connectivity index (χ2n) is 7.60. The van der Waals surface area contributed by atoms with Crippen molar-refractivity contribution in [2.75, 3.05) is 16.8 Å². The van der Waals surface area contributed by atoms with Crippen molar-refractivity contribution in [2.24, 2.45) is 0 Å². The maximum atomic E-state index is 12.8. The summed E-state index contributed by atoms with van der Waals surface area (Å²) in [5.74, 6) is 0.869. The number of nitrogens with one attached hydrogen (secondary N) is 2. The van der Waals surface area contributed by atoms with Crippen molar-refractivity contribution in [1.29, 1.82) is 0 Å². The lowest BCUT2D eigenvalue weighted by Gasteiger charge is -2.10. The summed E-state index contributed by atoms with van der Waals surface area (Å²) in [5, 5.41) is 2.79. The van der Waals surface area contributed by atoms with Gasteiger partial charge in [-0.1, -0.05) is 42.5 Å². The van der Waals surface area contributed by atoms with E-state index in [1.165, 1.54) is 0 Å². The van der Waals surface area contributed by atoms with E-state index in [0.717, 1.165) is 11.1 Å². The molecular weight excluding hydrogens is 452 g/mol. The van der Waals surface area contributed by atoms with Gasteiger partial charge in [0.1, 0.15) is 0 Å². The zero-order valence-corrected chi connectivity index (χ0v) is 18.7. The monoisotopic (exact) mass is 472 g/mol. The number of hydrogen-bond acceptors (Lipinski definition) is 5. The van der Waals surface area contributed by atoms with Crippen LogP contribution < -0.4 is 19.5 Å². The van der Waals surface area contributed by atoms with Crippen LogP contribution in [0.4, 0.5) is 11.4 Å². The van der Waals surface area contributed by atoms with Gasteiger partial charge in [-0.05, 0) is 59.7 Å². The van der Waals surface area contributed by atoms with E-state index in [1.807, 2.05) is 30.3 Å². The van der Waals surface area contributed by atoms with Crippen LogP contribution in [0.15, 0.2) is 102 Å². The summed E-state index contributed by atoms with van der Waals surface area (Å²) < 4.78 is 38.7. The predicted molar refractivity (Wildman–Crippen MR) is 130 cm³/mol. The van der Waals surface area contributed by atoms with E-state index in [9.17, 15) is 13.2 Å². The van der Waals surface area contributed by atoms with Gasteiger partial charge in [0.2, 0.25) is 6.79 Å². The van der Waals surface area contributed by atoms with Crippen molar-refractivity contribution in [3.63, 3.8) is 0 Å². The summed E-state index contributed by atoms with van der Waals surface area (Å²) in [7, 11) is -3.78. The molecular formula is C26H20N2O5S. The van der Waals surface area contributed by atoms with E-state index in [4.69, 9.17) is 9.47 Å². The number of ether oxygens (including phenoxy) is 2. The van der Waals surface area contributed by atoms with Gasteiger partial charge >= 0.3 is 0 Å². The molecule has 1 aliphatic heterocycles. The lowest BCUT2D eigenvalue weighted by atomic mass is 10.1. The van der Waals surface area contributed by atoms with Crippen LogP contribution in [-0.2, 0) is 10.0 Å². The molecule has 0 bridgehead atoms. The molecule has 1 amide bonds. The van der Waals surface area contributed by atoms with E-state index in [1.54, 1.807) is 66.7 Å². The molecule has 0 fully saturated rings. The Hall–Kier alpha value is -4.30. The Labute approximate surface area is 197 Å². The summed E-state index contributed by atoms with van der Waals surface area (Å²) in [4.78, 5) is 12.7. The molecule has 34 heavy (non-hydrogen) atoms. The van der Waals surface area contributed by atoms with Gasteiger partial charge in [-0.15, -0.1) is 0 Å². The molecule has 7 nitrogen and oxygen atoms in total. The minimum Gasteiger partial charge on any atom is -0.454 e. The number of benzene rings is 4. The fourth-order valence-electron chi connectivity index (χ4n) is 3.54. The van der Waals surface area contributed by atoms with Crippen LogP contribution in [-0.4, -0.2) is 21.1 Å². The highest BCUT2D eigenvalue weighted by Gasteiger charge is 2.16. The third-order valence-corrected chi connectivity index (χ3v) is 6.70. The highest BCUT2D eigenvalue weighted by Crippen LogP contribution is 2.34. The second kappa shape index (κ2) is 8.92. The van der Waals surface area contributed by atoms with Crippen molar-refractivity contribution >= 4 is 27.3 Å². The SMILES string of the molecule is O=C(Nc1ccc2c(c1)OCO2)c1ccc(NS(=O)(=O)c2ccc(-c3ccccc3)cc2)cc1. The van der Waals surface area contributed by atoms with E-state index >= 15 is 0 Å². The van der Waals surface area contributed by atoms with Crippen LogP contribution >= 0.6 is 0 Å². The Kier molecular flexibility index (Phi) is 5.65. The number of hydrogen-bond donors (Lipinski definition) is 2. The zero-order chi connectivity index (χ0) is 23.5. The molecule has 170 valence electrons. The standard InChI is InChI=1S/C26H20N2O5S/c29-26(27-22-12-15-24-25(16-22)33-17-32-24)20-6-10-21(11-7-20)28-34(30,31)23-13-8-19(9-14-23)18-4-2-1-3-5-18/h1-16,28H,17H2,(H,27,29). The maximum absolute atomic E-state index is 12.8. The Morgan fingerprint density at radius 3 is 2.09 bits per heavy atom. The van der Waals surface area contributed by atoms with Gasteiger partial charge in [0, 0.05) is 23.0 Å². The molecule has 0 aromatic heterocycles. The molecule has 0 aliphatic carbocycles. The van der Waals surface area contributed by atoms with Gasteiger partial charge in [-0.3, -0.25) is 9.52 Å². The fourth-order valence-corrected chi connectivity index (χ4v) is 4.60. The van der Waals surface area contributed by atoms with E-state index in [0.29, 0.717) is 28.4 Å². The van der Waals surface area contributed by atoms with Crippen LogP contribution in [0.2, 0.25) is 0 Å². The molecule has 1 aliphatic rings. The third kappa shape index (κ3) is 4.57. The molecule has 2 N–H and O–H groups in total. The molecule has 0 saturated heterocycles. The molecule has 0 radical (unpaired) electrons. The zero-order valence-electron chi connectivity index (χ0n) is 17.9. The summed E-state index contributed by atoms with van der Waals surface area (Å²) >= 11 is 0. The van der Waals surface area contributed by atoms with Crippen molar-refractivity contribution in [2.45, 2.75) is 4.90 Å². The van der Waals surface area contributed by atoms with E-state index in [-0.39, 0.29) is 17.6 Å². The predicted octanol–water partition coefficient (Wildman–Crippen LogP) is 5.14. The summed E-state index contributed by atoms with van der Waals surface area (Å²) in [6.07, 6.45) is 0. The van der Waals surface area contributed by atoms with Gasteiger partial charge in [0.25, 0.3) is 15.9 Å². The van der Waals surface area contributed by atoms with Crippen LogP contribution in [0, 0.1) is 0 Å². The Bertz CT molecular complexity index is 1440. The quantitative estimate of drug-likeness (QED) is 0.406. The second-order valence-corrected chi connectivity index (χ2v) is 9.28. The Morgan fingerprint density at radius 1 is 0.706 bits per heavy atom. The Balaban J connectivity index is 1.25. The van der Waals surface area contributed by atoms with Crippen molar-refractivity contribution in [3.05, 3.63) is 103 Å². The van der Waals surface area contributed by atoms with Crippen molar-refractivity contribution < 1.29 is 22.7 Å². The van der Waals surface area contributed by atoms with Gasteiger partial charge < -0.3 is 14.8 Å². The first-order valence-electron chi connectivity index (χ1n) is 10.5.